The van der Waals surface area contributed by atoms with Crippen molar-refractivity contribution in [3.63, 3.8) is 0 Å². The second-order valence-corrected chi connectivity index (χ2v) is 4.56. The molecule has 0 aromatic heterocycles. The smallest absolute Gasteiger partial charge is 0.282 e. The first-order valence-corrected chi connectivity index (χ1v) is 5.49. The molecule has 76 valence electrons. The summed E-state index contributed by atoms with van der Waals surface area (Å²) in [6.45, 7) is 0. The van der Waals surface area contributed by atoms with Gasteiger partial charge in [0.1, 0.15) is 0 Å². The molecule has 1 aromatic rings. The number of carbonyl (C=O) groups excluding carboxylic acids is 1. The van der Waals surface area contributed by atoms with Gasteiger partial charge in [-0.1, -0.05) is 11.6 Å². The summed E-state index contributed by atoms with van der Waals surface area (Å²) in [6, 6.07) is 3.12. The number of hydrogen-bond donors (Lipinski definition) is 1. The lowest BCUT2D eigenvalue weighted by molar-refractivity contribution is 0.108. The van der Waals surface area contributed by atoms with Gasteiger partial charge < -0.3 is 0 Å². The molecule has 0 saturated carbocycles. The highest BCUT2D eigenvalue weighted by Gasteiger charge is 2.14. The van der Waals surface area contributed by atoms with Gasteiger partial charge in [-0.15, -0.1) is 0 Å². The highest BCUT2D eigenvalue weighted by atomic mass is 35.5. The van der Waals surface area contributed by atoms with Crippen molar-refractivity contribution in [3.05, 3.63) is 28.8 Å². The van der Waals surface area contributed by atoms with Gasteiger partial charge in [-0.3, -0.25) is 9.35 Å². The SMILES string of the molecule is O=C(Cl)c1ccc(S(=O)(=O)O)cc1Cl. The van der Waals surface area contributed by atoms with Crippen LogP contribution in [0.2, 0.25) is 5.02 Å². The molecule has 0 aliphatic rings. The van der Waals surface area contributed by atoms with Crippen LogP contribution in [-0.2, 0) is 10.1 Å². The molecule has 0 radical (unpaired) electrons. The van der Waals surface area contributed by atoms with E-state index in [0.29, 0.717) is 0 Å². The molecule has 0 spiro atoms. The van der Waals surface area contributed by atoms with Gasteiger partial charge in [-0.2, -0.15) is 8.42 Å². The minimum absolute atomic E-state index is 0.0132. The van der Waals surface area contributed by atoms with E-state index in [1.165, 1.54) is 0 Å². The predicted molar refractivity (Wildman–Crippen MR) is 51.5 cm³/mol. The Morgan fingerprint density at radius 3 is 2.29 bits per heavy atom. The second kappa shape index (κ2) is 3.86. The first-order valence-electron chi connectivity index (χ1n) is 3.29. The van der Waals surface area contributed by atoms with Crippen molar-refractivity contribution in [2.24, 2.45) is 0 Å². The third-order valence-corrected chi connectivity index (χ3v) is 2.82. The Bertz CT molecular complexity index is 480. The highest BCUT2D eigenvalue weighted by molar-refractivity contribution is 7.85. The molecule has 0 amide bonds. The summed E-state index contributed by atoms with van der Waals surface area (Å²) in [5.74, 6) is 0. The van der Waals surface area contributed by atoms with E-state index in [1.54, 1.807) is 0 Å². The Morgan fingerprint density at radius 2 is 1.93 bits per heavy atom. The van der Waals surface area contributed by atoms with E-state index in [1.807, 2.05) is 0 Å². The molecular formula is C7H4Cl2O4S. The highest BCUT2D eigenvalue weighted by Crippen LogP contribution is 2.21. The van der Waals surface area contributed by atoms with E-state index in [2.05, 4.69) is 0 Å². The lowest BCUT2D eigenvalue weighted by Crippen LogP contribution is -1.99. The van der Waals surface area contributed by atoms with Crippen LogP contribution in [0.3, 0.4) is 0 Å². The fourth-order valence-corrected chi connectivity index (χ4v) is 1.87. The summed E-state index contributed by atoms with van der Waals surface area (Å²) >= 11 is 10.7. The van der Waals surface area contributed by atoms with Crippen LogP contribution in [0.4, 0.5) is 0 Å². The van der Waals surface area contributed by atoms with Crippen molar-refractivity contribution in [3.8, 4) is 0 Å². The molecule has 0 saturated heterocycles. The topological polar surface area (TPSA) is 71.4 Å². The van der Waals surface area contributed by atoms with Gasteiger partial charge in [-0.05, 0) is 29.8 Å². The van der Waals surface area contributed by atoms with Crippen molar-refractivity contribution in [2.75, 3.05) is 0 Å². The first kappa shape index (κ1) is 11.5. The maximum absolute atomic E-state index is 10.7. The molecule has 7 heteroatoms. The van der Waals surface area contributed by atoms with Crippen LogP contribution < -0.4 is 0 Å². The van der Waals surface area contributed by atoms with Gasteiger partial charge in [0.15, 0.2) is 0 Å². The Labute approximate surface area is 90.2 Å². The van der Waals surface area contributed by atoms with Gasteiger partial charge in [0.05, 0.1) is 15.5 Å². The lowest BCUT2D eigenvalue weighted by Gasteiger charge is -2.00. The molecule has 0 atom stereocenters. The van der Waals surface area contributed by atoms with Crippen molar-refractivity contribution in [1.29, 1.82) is 0 Å². The quantitative estimate of drug-likeness (QED) is 0.647. The van der Waals surface area contributed by atoms with Crippen LogP contribution in [0.1, 0.15) is 10.4 Å². The molecule has 0 aliphatic heterocycles. The molecule has 1 N–H and O–H groups in total. The summed E-state index contributed by atoms with van der Waals surface area (Å²) in [5, 5.41) is -0.919. The van der Waals surface area contributed by atoms with Crippen molar-refractivity contribution >= 4 is 38.6 Å². The van der Waals surface area contributed by atoms with Gasteiger partial charge in [-0.25, -0.2) is 0 Å². The molecular weight excluding hydrogens is 251 g/mol. The Hall–Kier alpha value is -0.620. The van der Waals surface area contributed by atoms with Crippen LogP contribution in [0.25, 0.3) is 0 Å². The van der Waals surface area contributed by atoms with Gasteiger partial charge in [0.2, 0.25) is 0 Å². The average Bonchev–Trinajstić information content (AvgIpc) is 2.01. The molecule has 14 heavy (non-hydrogen) atoms. The zero-order valence-corrected chi connectivity index (χ0v) is 8.90. The molecule has 0 heterocycles. The number of halogens is 2. The minimum atomic E-state index is -4.31. The standard InChI is InChI=1S/C7H4Cl2O4S/c8-6-3-4(14(11,12)13)1-2-5(6)7(9)10/h1-3H,(H,11,12,13). The molecule has 0 unspecified atom stereocenters. The van der Waals surface area contributed by atoms with Gasteiger partial charge >= 0.3 is 0 Å². The van der Waals surface area contributed by atoms with E-state index in [4.69, 9.17) is 27.8 Å². The van der Waals surface area contributed by atoms with E-state index in [9.17, 15) is 13.2 Å². The molecule has 4 nitrogen and oxygen atoms in total. The van der Waals surface area contributed by atoms with Crippen LogP contribution in [0, 0.1) is 0 Å². The van der Waals surface area contributed by atoms with Crippen molar-refractivity contribution < 1.29 is 17.8 Å². The Balaban J connectivity index is 3.34. The third-order valence-electron chi connectivity index (χ3n) is 1.45. The predicted octanol–water partition coefficient (Wildman–Crippen LogP) is 1.97. The summed E-state index contributed by atoms with van der Waals surface area (Å²) in [7, 11) is -4.31. The zero-order valence-electron chi connectivity index (χ0n) is 6.57. The molecule has 1 rings (SSSR count). The Kier molecular flexibility index (Phi) is 3.16. The fourth-order valence-electron chi connectivity index (χ4n) is 0.816. The summed E-state index contributed by atoms with van der Waals surface area (Å²) < 4.78 is 29.9. The largest absolute Gasteiger partial charge is 0.294 e. The van der Waals surface area contributed by atoms with Gasteiger partial charge in [0.25, 0.3) is 15.4 Å². The van der Waals surface area contributed by atoms with E-state index >= 15 is 0 Å². The monoisotopic (exact) mass is 254 g/mol. The second-order valence-electron chi connectivity index (χ2n) is 2.39. The summed E-state index contributed by atoms with van der Waals surface area (Å²) in [6.07, 6.45) is 0. The molecule has 1 aromatic carbocycles. The fraction of sp³-hybridized carbons (Fsp3) is 0. The number of carbonyl (C=O) groups is 1. The van der Waals surface area contributed by atoms with Crippen LogP contribution in [0.5, 0.6) is 0 Å². The number of hydrogen-bond acceptors (Lipinski definition) is 3. The third kappa shape index (κ3) is 2.45. The zero-order chi connectivity index (χ0) is 10.9. The van der Waals surface area contributed by atoms with E-state index in [0.717, 1.165) is 18.2 Å². The van der Waals surface area contributed by atoms with Crippen molar-refractivity contribution in [1.82, 2.24) is 0 Å². The molecule has 0 fully saturated rings. The maximum atomic E-state index is 10.7. The van der Waals surface area contributed by atoms with E-state index < -0.39 is 15.4 Å². The van der Waals surface area contributed by atoms with Gasteiger partial charge in [0, 0.05) is 0 Å². The molecule has 0 aliphatic carbocycles. The van der Waals surface area contributed by atoms with E-state index in [-0.39, 0.29) is 15.5 Å². The normalized spacial score (nSPS) is 11.4. The first-order chi connectivity index (χ1) is 6.32. The van der Waals surface area contributed by atoms with Crippen LogP contribution >= 0.6 is 23.2 Å². The average molecular weight is 255 g/mol. The van der Waals surface area contributed by atoms with Crippen molar-refractivity contribution in [2.45, 2.75) is 4.90 Å². The number of rotatable bonds is 2. The van der Waals surface area contributed by atoms with Crippen LogP contribution in [-0.4, -0.2) is 18.2 Å². The maximum Gasteiger partial charge on any atom is 0.294 e. The summed E-state index contributed by atoms with van der Waals surface area (Å²) in [4.78, 5) is 10.3. The summed E-state index contributed by atoms with van der Waals surface area (Å²) in [5.41, 5.74) is -0.0132. The lowest BCUT2D eigenvalue weighted by atomic mass is 10.2. The molecule has 0 bridgehead atoms. The number of benzene rings is 1. The Morgan fingerprint density at radius 1 is 1.36 bits per heavy atom. The van der Waals surface area contributed by atoms with Crippen LogP contribution in [0.15, 0.2) is 23.1 Å². The minimum Gasteiger partial charge on any atom is -0.282 e.